The third-order valence-corrected chi connectivity index (χ3v) is 4.45. The Morgan fingerprint density at radius 3 is 2.67 bits per heavy atom. The number of aliphatic hydroxyl groups is 1. The monoisotopic (exact) mass is 338 g/mol. The molecule has 0 spiro atoms. The van der Waals surface area contributed by atoms with E-state index in [9.17, 15) is 9.90 Å². The van der Waals surface area contributed by atoms with Gasteiger partial charge < -0.3 is 19.8 Å². The average Bonchev–Trinajstić information content (AvgIpc) is 2.97. The average molecular weight is 338 g/mol. The van der Waals surface area contributed by atoms with Gasteiger partial charge in [-0.2, -0.15) is 0 Å². The van der Waals surface area contributed by atoms with Crippen LogP contribution in [0.5, 0.6) is 0 Å². The number of aliphatic hydroxyl groups excluding tert-OH is 1. The highest BCUT2D eigenvalue weighted by molar-refractivity contribution is 5.74. The van der Waals surface area contributed by atoms with E-state index in [2.05, 4.69) is 15.4 Å². The molecule has 2 heterocycles. The lowest BCUT2D eigenvalue weighted by Crippen LogP contribution is -2.51. The molecule has 0 aliphatic carbocycles. The molecule has 0 saturated carbocycles. The summed E-state index contributed by atoms with van der Waals surface area (Å²) in [5.74, 6) is 0.872. The third-order valence-electron chi connectivity index (χ3n) is 4.45. The fourth-order valence-corrected chi connectivity index (χ4v) is 2.77. The summed E-state index contributed by atoms with van der Waals surface area (Å²) < 4.78 is 5.24. The normalized spacial score (nSPS) is 16.4. The molecule has 7 nitrogen and oxygen atoms in total. The molecule has 0 aromatic carbocycles. The lowest BCUT2D eigenvalue weighted by molar-refractivity contribution is 0.126. The first-order chi connectivity index (χ1) is 11.4. The van der Waals surface area contributed by atoms with E-state index in [1.54, 1.807) is 0 Å². The Morgan fingerprint density at radius 2 is 2.08 bits per heavy atom. The van der Waals surface area contributed by atoms with Crippen molar-refractivity contribution >= 4 is 6.03 Å². The summed E-state index contributed by atoms with van der Waals surface area (Å²) >= 11 is 0. The third kappa shape index (κ3) is 5.79. The Labute approximate surface area is 144 Å². The van der Waals surface area contributed by atoms with Crippen LogP contribution in [0.3, 0.4) is 0 Å². The van der Waals surface area contributed by atoms with Gasteiger partial charge in [0.2, 0.25) is 0 Å². The van der Waals surface area contributed by atoms with Crippen LogP contribution in [0, 0.1) is 12.3 Å². The van der Waals surface area contributed by atoms with Gasteiger partial charge in [-0.05, 0) is 25.2 Å². The molecule has 24 heavy (non-hydrogen) atoms. The molecule has 1 aromatic rings. The molecule has 1 saturated heterocycles. The number of nitrogens with zero attached hydrogens (tertiary/aromatic N) is 3. The number of aryl methyl sites for hydroxylation is 1. The second-order valence-electron chi connectivity index (χ2n) is 7.36. The van der Waals surface area contributed by atoms with Crippen LogP contribution >= 0.6 is 0 Å². The fourth-order valence-electron chi connectivity index (χ4n) is 2.77. The van der Waals surface area contributed by atoms with Crippen LogP contribution in [-0.2, 0) is 6.54 Å². The van der Waals surface area contributed by atoms with Crippen molar-refractivity contribution in [2.45, 2.75) is 40.2 Å². The lowest BCUT2D eigenvalue weighted by Gasteiger charge is -2.34. The summed E-state index contributed by atoms with van der Waals surface area (Å²) in [5, 5.41) is 16.1. The summed E-state index contributed by atoms with van der Waals surface area (Å²) in [4.78, 5) is 16.3. The molecule has 7 heteroatoms. The number of aromatic nitrogens is 1. The number of piperazine rings is 1. The topological polar surface area (TPSA) is 81.8 Å². The summed E-state index contributed by atoms with van der Waals surface area (Å²) in [6.07, 6.45) is 1.78. The van der Waals surface area contributed by atoms with E-state index in [1.165, 1.54) is 0 Å². The Balaban J connectivity index is 1.63. The molecule has 1 aromatic heterocycles. The molecule has 0 atom stereocenters. The summed E-state index contributed by atoms with van der Waals surface area (Å²) in [6, 6.07) is 1.96. The smallest absolute Gasteiger partial charge is 0.317 e. The molecule has 136 valence electrons. The highest BCUT2D eigenvalue weighted by atomic mass is 16.5. The van der Waals surface area contributed by atoms with Crippen LogP contribution in [0.4, 0.5) is 4.79 Å². The number of urea groups is 1. The predicted octanol–water partition coefficient (Wildman–Crippen LogP) is 1.61. The Hall–Kier alpha value is -1.60. The zero-order chi connectivity index (χ0) is 17.6. The number of hydrogen-bond acceptors (Lipinski definition) is 5. The van der Waals surface area contributed by atoms with E-state index < -0.39 is 0 Å². The van der Waals surface area contributed by atoms with Crippen molar-refractivity contribution in [3.05, 3.63) is 17.5 Å². The quantitative estimate of drug-likeness (QED) is 0.738. The van der Waals surface area contributed by atoms with Crippen LogP contribution in [-0.4, -0.2) is 65.4 Å². The molecule has 0 radical (unpaired) electrons. The van der Waals surface area contributed by atoms with Crippen molar-refractivity contribution in [1.82, 2.24) is 20.3 Å². The maximum atomic E-state index is 12.2. The van der Waals surface area contributed by atoms with Crippen LogP contribution in [0.25, 0.3) is 0 Å². The Bertz CT molecular complexity index is 522. The van der Waals surface area contributed by atoms with E-state index in [1.807, 2.05) is 31.7 Å². The minimum atomic E-state index is -0.0740. The van der Waals surface area contributed by atoms with Gasteiger partial charge in [-0.1, -0.05) is 19.0 Å². The van der Waals surface area contributed by atoms with Gasteiger partial charge in [0.05, 0.1) is 12.2 Å². The Kier molecular flexibility index (Phi) is 6.62. The first-order valence-electron chi connectivity index (χ1n) is 8.68. The van der Waals surface area contributed by atoms with Crippen molar-refractivity contribution in [2.24, 2.45) is 5.41 Å². The van der Waals surface area contributed by atoms with E-state index in [0.29, 0.717) is 6.54 Å². The number of carbonyl (C=O) groups excluding carboxylic acids is 1. The van der Waals surface area contributed by atoms with Gasteiger partial charge in [0.1, 0.15) is 0 Å². The van der Waals surface area contributed by atoms with Gasteiger partial charge in [-0.15, -0.1) is 0 Å². The first kappa shape index (κ1) is 18.7. The maximum absolute atomic E-state index is 12.2. The second-order valence-corrected chi connectivity index (χ2v) is 7.36. The van der Waals surface area contributed by atoms with Crippen molar-refractivity contribution in [2.75, 3.05) is 39.3 Å². The molecule has 2 amide bonds. The largest absolute Gasteiger partial charge is 0.396 e. The van der Waals surface area contributed by atoms with Crippen LogP contribution in [0.2, 0.25) is 0 Å². The molecule has 0 unspecified atom stereocenters. The summed E-state index contributed by atoms with van der Waals surface area (Å²) in [6.45, 7) is 10.7. The van der Waals surface area contributed by atoms with Gasteiger partial charge in [-0.3, -0.25) is 4.90 Å². The number of rotatable bonds is 7. The number of carbonyl (C=O) groups is 1. The first-order valence-corrected chi connectivity index (χ1v) is 8.68. The molecule has 1 aliphatic heterocycles. The van der Waals surface area contributed by atoms with Crippen molar-refractivity contribution < 1.29 is 14.4 Å². The lowest BCUT2D eigenvalue weighted by atomic mass is 9.89. The molecule has 0 bridgehead atoms. The number of hydrogen-bond donors (Lipinski definition) is 2. The Morgan fingerprint density at radius 1 is 1.38 bits per heavy atom. The van der Waals surface area contributed by atoms with Crippen molar-refractivity contribution in [3.63, 3.8) is 0 Å². The molecular weight excluding hydrogens is 308 g/mol. The van der Waals surface area contributed by atoms with Gasteiger partial charge in [0.15, 0.2) is 5.76 Å². The van der Waals surface area contributed by atoms with Crippen molar-refractivity contribution in [1.29, 1.82) is 0 Å². The minimum Gasteiger partial charge on any atom is -0.396 e. The zero-order valence-corrected chi connectivity index (χ0v) is 15.0. The highest BCUT2D eigenvalue weighted by Gasteiger charge is 2.22. The molecule has 1 fully saturated rings. The van der Waals surface area contributed by atoms with Crippen LogP contribution in [0.1, 0.15) is 38.1 Å². The maximum Gasteiger partial charge on any atom is 0.317 e. The van der Waals surface area contributed by atoms with E-state index in [4.69, 9.17) is 4.52 Å². The minimum absolute atomic E-state index is 0.00645. The molecule has 1 aliphatic rings. The van der Waals surface area contributed by atoms with Gasteiger partial charge >= 0.3 is 6.03 Å². The number of amides is 2. The van der Waals surface area contributed by atoms with Crippen molar-refractivity contribution in [3.8, 4) is 0 Å². The van der Waals surface area contributed by atoms with E-state index in [-0.39, 0.29) is 18.1 Å². The van der Waals surface area contributed by atoms with Gasteiger partial charge in [0, 0.05) is 45.4 Å². The SMILES string of the molecule is Cc1cc(CN2CCN(C(=O)NCCCC(C)(C)CO)CC2)on1. The second kappa shape index (κ2) is 8.48. The standard InChI is InChI=1S/C17H30N4O3/c1-14-11-15(24-19-14)12-20-7-9-21(10-8-20)16(23)18-6-4-5-17(2,3)13-22/h11,22H,4-10,12-13H2,1-3H3,(H,18,23). The van der Waals surface area contributed by atoms with Crippen LogP contribution in [0.15, 0.2) is 10.6 Å². The molecule has 2 rings (SSSR count). The predicted molar refractivity (Wildman–Crippen MR) is 91.6 cm³/mol. The highest BCUT2D eigenvalue weighted by Crippen LogP contribution is 2.20. The fraction of sp³-hybridized carbons (Fsp3) is 0.765. The van der Waals surface area contributed by atoms with Gasteiger partial charge in [0.25, 0.3) is 0 Å². The number of nitrogens with one attached hydrogen (secondary N) is 1. The summed E-state index contributed by atoms with van der Waals surface area (Å²) in [5.41, 5.74) is 0.822. The van der Waals surface area contributed by atoms with E-state index in [0.717, 1.165) is 57.0 Å². The molecular formula is C17H30N4O3. The van der Waals surface area contributed by atoms with Gasteiger partial charge in [-0.25, -0.2) is 4.79 Å². The van der Waals surface area contributed by atoms with E-state index >= 15 is 0 Å². The van der Waals surface area contributed by atoms with Crippen LogP contribution < -0.4 is 5.32 Å². The summed E-state index contributed by atoms with van der Waals surface area (Å²) in [7, 11) is 0. The zero-order valence-electron chi connectivity index (χ0n) is 15.0. The molecule has 2 N–H and O–H groups in total.